The Bertz CT molecular complexity index is 210. The largest absolute Gasteiger partial charge is 0.445 e. The van der Waals surface area contributed by atoms with Gasteiger partial charge < -0.3 is 15.2 Å². The van der Waals surface area contributed by atoms with Gasteiger partial charge in [0.25, 0.3) is 0 Å². The first kappa shape index (κ1) is 11.5. The molecule has 0 saturated heterocycles. The molecule has 0 aromatic rings. The van der Waals surface area contributed by atoms with Crippen LogP contribution in [0.25, 0.3) is 0 Å². The number of nitrogens with two attached hydrogens (primary N) is 1. The lowest BCUT2D eigenvalue weighted by Crippen LogP contribution is -2.13. The Morgan fingerprint density at radius 3 is 2.54 bits per heavy atom. The van der Waals surface area contributed by atoms with E-state index in [9.17, 15) is 9.59 Å². The van der Waals surface area contributed by atoms with Crippen LogP contribution < -0.4 is 5.73 Å². The number of primary amides is 1. The molecular weight excluding hydrogens is 174 g/mol. The zero-order chi connectivity index (χ0) is 10.3. The summed E-state index contributed by atoms with van der Waals surface area (Å²) in [6, 6.07) is 0. The van der Waals surface area contributed by atoms with Crippen LogP contribution in [0.4, 0.5) is 4.79 Å². The van der Waals surface area contributed by atoms with Gasteiger partial charge in [0.2, 0.25) is 0 Å². The van der Waals surface area contributed by atoms with Crippen LogP contribution in [0.3, 0.4) is 0 Å². The second-order valence-corrected chi connectivity index (χ2v) is 2.59. The van der Waals surface area contributed by atoms with E-state index < -0.39 is 6.09 Å². The van der Waals surface area contributed by atoms with Gasteiger partial charge in [-0.25, -0.2) is 4.79 Å². The number of hydrogen-bond acceptors (Lipinski definition) is 4. The van der Waals surface area contributed by atoms with Crippen LogP contribution in [0, 0.1) is 5.92 Å². The van der Waals surface area contributed by atoms with E-state index in [0.717, 1.165) is 0 Å². The van der Waals surface area contributed by atoms with E-state index in [0.29, 0.717) is 0 Å². The highest BCUT2D eigenvalue weighted by atomic mass is 16.5. The second kappa shape index (κ2) is 6.05. The standard InChI is InChI=1S/C8H13NO4/c1-6(2)7(10)12-4-3-5-13-8(9)11/h3-4,6H,5H2,1-2H3,(H2,9,11). The molecule has 0 bridgehead atoms. The van der Waals surface area contributed by atoms with E-state index in [4.69, 9.17) is 0 Å². The van der Waals surface area contributed by atoms with Crippen molar-refractivity contribution in [3.05, 3.63) is 12.3 Å². The van der Waals surface area contributed by atoms with E-state index in [1.807, 2.05) is 0 Å². The highest BCUT2D eigenvalue weighted by Gasteiger charge is 2.05. The maximum Gasteiger partial charge on any atom is 0.404 e. The van der Waals surface area contributed by atoms with Crippen molar-refractivity contribution in [1.82, 2.24) is 0 Å². The molecule has 0 spiro atoms. The zero-order valence-corrected chi connectivity index (χ0v) is 7.65. The maximum atomic E-state index is 10.8. The molecule has 0 unspecified atom stereocenters. The predicted octanol–water partition coefficient (Wildman–Crippen LogP) is 0.795. The summed E-state index contributed by atoms with van der Waals surface area (Å²) >= 11 is 0. The van der Waals surface area contributed by atoms with Gasteiger partial charge in [0, 0.05) is 0 Å². The van der Waals surface area contributed by atoms with Crippen molar-refractivity contribution in [1.29, 1.82) is 0 Å². The normalized spacial score (nSPS) is 10.4. The number of carbonyl (C=O) groups excluding carboxylic acids is 2. The van der Waals surface area contributed by atoms with E-state index >= 15 is 0 Å². The number of carbonyl (C=O) groups is 2. The van der Waals surface area contributed by atoms with Crippen LogP contribution >= 0.6 is 0 Å². The molecular formula is C8H13NO4. The van der Waals surface area contributed by atoms with Gasteiger partial charge in [0.1, 0.15) is 6.61 Å². The van der Waals surface area contributed by atoms with Crippen LogP contribution in [0.1, 0.15) is 13.8 Å². The SMILES string of the molecule is CC(C)C(=O)OC=CCOC(N)=O. The van der Waals surface area contributed by atoms with E-state index in [1.165, 1.54) is 12.3 Å². The van der Waals surface area contributed by atoms with Crippen molar-refractivity contribution >= 4 is 12.1 Å². The molecule has 2 N–H and O–H groups in total. The molecule has 0 radical (unpaired) electrons. The molecule has 0 rings (SSSR count). The minimum absolute atomic E-state index is 0.000703. The number of hydrogen-bond donors (Lipinski definition) is 1. The fraction of sp³-hybridized carbons (Fsp3) is 0.500. The van der Waals surface area contributed by atoms with E-state index in [1.54, 1.807) is 13.8 Å². The van der Waals surface area contributed by atoms with Crippen molar-refractivity contribution in [2.45, 2.75) is 13.8 Å². The van der Waals surface area contributed by atoms with Gasteiger partial charge in [0.15, 0.2) is 0 Å². The Labute approximate surface area is 76.5 Å². The average Bonchev–Trinajstić information content (AvgIpc) is 2.02. The quantitative estimate of drug-likeness (QED) is 0.521. The summed E-state index contributed by atoms with van der Waals surface area (Å²) in [6.07, 6.45) is 1.69. The maximum absolute atomic E-state index is 10.8. The Hall–Kier alpha value is -1.52. The Morgan fingerprint density at radius 2 is 2.08 bits per heavy atom. The molecule has 0 fully saturated rings. The lowest BCUT2D eigenvalue weighted by molar-refractivity contribution is -0.141. The smallest absolute Gasteiger partial charge is 0.404 e. The van der Waals surface area contributed by atoms with Crippen LogP contribution in [0.15, 0.2) is 12.3 Å². The number of rotatable bonds is 4. The third-order valence-electron chi connectivity index (χ3n) is 1.07. The Morgan fingerprint density at radius 1 is 1.46 bits per heavy atom. The van der Waals surface area contributed by atoms with Crippen LogP contribution in [0.5, 0.6) is 0 Å². The molecule has 0 aromatic heterocycles. The predicted molar refractivity (Wildman–Crippen MR) is 45.6 cm³/mol. The summed E-state index contributed by atoms with van der Waals surface area (Å²) in [5.74, 6) is -0.517. The highest BCUT2D eigenvalue weighted by molar-refractivity contribution is 5.72. The zero-order valence-electron chi connectivity index (χ0n) is 7.65. The summed E-state index contributed by atoms with van der Waals surface area (Å²) in [5.41, 5.74) is 4.68. The molecule has 0 aromatic carbocycles. The minimum Gasteiger partial charge on any atom is -0.445 e. The molecule has 5 nitrogen and oxygen atoms in total. The van der Waals surface area contributed by atoms with Crippen molar-refractivity contribution in [3.8, 4) is 0 Å². The van der Waals surface area contributed by atoms with Crippen LogP contribution in [0.2, 0.25) is 0 Å². The van der Waals surface area contributed by atoms with Crippen LogP contribution in [-0.2, 0) is 14.3 Å². The third-order valence-corrected chi connectivity index (χ3v) is 1.07. The molecule has 0 heterocycles. The number of ether oxygens (including phenoxy) is 2. The van der Waals surface area contributed by atoms with Crippen LogP contribution in [-0.4, -0.2) is 18.7 Å². The van der Waals surface area contributed by atoms with Crippen molar-refractivity contribution in [2.75, 3.05) is 6.61 Å². The van der Waals surface area contributed by atoms with E-state index in [-0.39, 0.29) is 18.5 Å². The fourth-order valence-corrected chi connectivity index (χ4v) is 0.421. The number of amides is 1. The molecule has 0 saturated carbocycles. The van der Waals surface area contributed by atoms with Crippen molar-refractivity contribution < 1.29 is 19.1 Å². The molecule has 74 valence electrons. The molecule has 5 heteroatoms. The Balaban J connectivity index is 3.52. The summed E-state index contributed by atoms with van der Waals surface area (Å²) in [4.78, 5) is 20.9. The first-order chi connectivity index (χ1) is 6.04. The van der Waals surface area contributed by atoms with Gasteiger partial charge in [-0.15, -0.1) is 0 Å². The monoisotopic (exact) mass is 187 g/mol. The molecule has 1 amide bonds. The van der Waals surface area contributed by atoms with Gasteiger partial charge in [0.05, 0.1) is 12.2 Å². The first-order valence-corrected chi connectivity index (χ1v) is 3.81. The molecule has 0 aliphatic heterocycles. The molecule has 13 heavy (non-hydrogen) atoms. The summed E-state index contributed by atoms with van der Waals surface area (Å²) in [5, 5.41) is 0. The van der Waals surface area contributed by atoms with Gasteiger partial charge in [-0.3, -0.25) is 4.79 Å². The van der Waals surface area contributed by atoms with Crippen molar-refractivity contribution in [2.24, 2.45) is 11.7 Å². The lowest BCUT2D eigenvalue weighted by atomic mass is 10.2. The first-order valence-electron chi connectivity index (χ1n) is 3.81. The Kier molecular flexibility index (Phi) is 5.34. The summed E-state index contributed by atoms with van der Waals surface area (Å²) in [7, 11) is 0. The van der Waals surface area contributed by atoms with Gasteiger partial charge in [-0.2, -0.15) is 0 Å². The van der Waals surface area contributed by atoms with Gasteiger partial charge in [-0.05, 0) is 6.08 Å². The second-order valence-electron chi connectivity index (χ2n) is 2.59. The molecule has 0 aliphatic carbocycles. The topological polar surface area (TPSA) is 78.6 Å². The number of esters is 1. The molecule has 0 atom stereocenters. The average molecular weight is 187 g/mol. The molecule has 0 aliphatic rings. The van der Waals surface area contributed by atoms with Gasteiger partial charge >= 0.3 is 12.1 Å². The summed E-state index contributed by atoms with van der Waals surface area (Å²) < 4.78 is 8.98. The summed E-state index contributed by atoms with van der Waals surface area (Å²) in [6.45, 7) is 3.44. The lowest BCUT2D eigenvalue weighted by Gasteiger charge is -2.00. The third kappa shape index (κ3) is 6.86. The minimum atomic E-state index is -0.861. The fourth-order valence-electron chi connectivity index (χ4n) is 0.421. The highest BCUT2D eigenvalue weighted by Crippen LogP contribution is 1.95. The van der Waals surface area contributed by atoms with E-state index in [2.05, 4.69) is 15.2 Å². The van der Waals surface area contributed by atoms with Gasteiger partial charge in [-0.1, -0.05) is 13.8 Å². The van der Waals surface area contributed by atoms with Crippen molar-refractivity contribution in [3.63, 3.8) is 0 Å².